The van der Waals surface area contributed by atoms with E-state index >= 15 is 0 Å². The molecule has 4 rings (SSSR count). The predicted octanol–water partition coefficient (Wildman–Crippen LogP) is 3.14. The summed E-state index contributed by atoms with van der Waals surface area (Å²) in [4.78, 5) is 17.1. The van der Waals surface area contributed by atoms with Gasteiger partial charge in [0.05, 0.1) is 0 Å². The third-order valence-corrected chi connectivity index (χ3v) is 5.05. The number of rotatable bonds is 3. The van der Waals surface area contributed by atoms with Crippen LogP contribution < -0.4 is 4.90 Å². The summed E-state index contributed by atoms with van der Waals surface area (Å²) in [5.41, 5.74) is 2.57. The molecule has 0 aromatic heterocycles. The number of hydrogen-bond acceptors (Lipinski definition) is 2. The van der Waals surface area contributed by atoms with Crippen molar-refractivity contribution in [1.82, 2.24) is 4.90 Å². The van der Waals surface area contributed by atoms with Crippen molar-refractivity contribution in [2.24, 2.45) is 5.92 Å². The van der Waals surface area contributed by atoms with Crippen molar-refractivity contribution in [3.8, 4) is 0 Å². The Labute approximate surface area is 137 Å². The van der Waals surface area contributed by atoms with Crippen LogP contribution >= 0.6 is 0 Å². The number of carbonyl (C=O) groups is 1. The molecule has 2 aromatic carbocycles. The van der Waals surface area contributed by atoms with Gasteiger partial charge in [-0.1, -0.05) is 48.5 Å². The number of benzene rings is 2. The van der Waals surface area contributed by atoms with Gasteiger partial charge < -0.3 is 9.80 Å². The van der Waals surface area contributed by atoms with Gasteiger partial charge in [0.1, 0.15) is 0 Å². The Bertz CT molecular complexity index is 663. The lowest BCUT2D eigenvalue weighted by Crippen LogP contribution is -2.49. The summed E-state index contributed by atoms with van der Waals surface area (Å²) < 4.78 is 0. The minimum Gasteiger partial charge on any atom is -0.368 e. The molecular weight excluding hydrogens is 284 g/mol. The van der Waals surface area contributed by atoms with Crippen LogP contribution in [-0.4, -0.2) is 37.0 Å². The van der Waals surface area contributed by atoms with Gasteiger partial charge in [-0.05, 0) is 30.0 Å². The van der Waals surface area contributed by atoms with Crippen LogP contribution in [0.2, 0.25) is 0 Å². The first-order chi connectivity index (χ1) is 11.3. The van der Waals surface area contributed by atoms with Crippen LogP contribution in [0, 0.1) is 5.92 Å². The van der Waals surface area contributed by atoms with Crippen molar-refractivity contribution in [1.29, 1.82) is 0 Å². The monoisotopic (exact) mass is 306 g/mol. The molecule has 1 aliphatic heterocycles. The molecule has 1 saturated carbocycles. The first-order valence-corrected chi connectivity index (χ1v) is 8.46. The van der Waals surface area contributed by atoms with E-state index in [2.05, 4.69) is 58.3 Å². The molecule has 1 amide bonds. The molecule has 1 heterocycles. The SMILES string of the molecule is O=C([C@H]1C[C@H]1c1ccccc1)N1CCN(c2ccccc2)CC1. The average molecular weight is 306 g/mol. The zero-order valence-corrected chi connectivity index (χ0v) is 13.3. The van der Waals surface area contributed by atoms with Crippen molar-refractivity contribution in [3.63, 3.8) is 0 Å². The highest BCUT2D eigenvalue weighted by Gasteiger charge is 2.45. The van der Waals surface area contributed by atoms with E-state index in [0.717, 1.165) is 32.6 Å². The number of hydrogen-bond donors (Lipinski definition) is 0. The lowest BCUT2D eigenvalue weighted by Gasteiger charge is -2.36. The Balaban J connectivity index is 1.34. The van der Waals surface area contributed by atoms with Crippen LogP contribution in [0.1, 0.15) is 17.9 Å². The fourth-order valence-electron chi connectivity index (χ4n) is 3.59. The average Bonchev–Trinajstić information content (AvgIpc) is 3.44. The highest BCUT2D eigenvalue weighted by molar-refractivity contribution is 5.83. The van der Waals surface area contributed by atoms with E-state index in [1.165, 1.54) is 11.3 Å². The molecule has 0 spiro atoms. The molecule has 118 valence electrons. The van der Waals surface area contributed by atoms with Crippen LogP contribution in [0.5, 0.6) is 0 Å². The molecule has 2 aromatic rings. The van der Waals surface area contributed by atoms with E-state index in [4.69, 9.17) is 0 Å². The lowest BCUT2D eigenvalue weighted by atomic mass is 10.1. The predicted molar refractivity (Wildman–Crippen MR) is 92.5 cm³/mol. The summed E-state index contributed by atoms with van der Waals surface area (Å²) >= 11 is 0. The fourth-order valence-corrected chi connectivity index (χ4v) is 3.59. The maximum absolute atomic E-state index is 12.7. The van der Waals surface area contributed by atoms with E-state index in [1.54, 1.807) is 0 Å². The number of piperazine rings is 1. The van der Waals surface area contributed by atoms with Gasteiger partial charge in [-0.3, -0.25) is 4.79 Å². The standard InChI is InChI=1S/C20H22N2O/c23-20(19-15-18(19)16-7-3-1-4-8-16)22-13-11-21(12-14-22)17-9-5-2-6-10-17/h1-10,18-19H,11-15H2/t18-,19-/m0/s1. The van der Waals surface area contributed by atoms with Crippen LogP contribution in [0.25, 0.3) is 0 Å². The zero-order chi connectivity index (χ0) is 15.6. The number of carbonyl (C=O) groups excluding carboxylic acids is 1. The van der Waals surface area contributed by atoms with Gasteiger partial charge in [-0.15, -0.1) is 0 Å². The van der Waals surface area contributed by atoms with E-state index in [-0.39, 0.29) is 5.92 Å². The van der Waals surface area contributed by atoms with Crippen molar-refractivity contribution in [2.45, 2.75) is 12.3 Å². The highest BCUT2D eigenvalue weighted by atomic mass is 16.2. The molecule has 23 heavy (non-hydrogen) atoms. The molecule has 0 N–H and O–H groups in total. The van der Waals surface area contributed by atoms with Crippen molar-refractivity contribution >= 4 is 11.6 Å². The molecule has 0 radical (unpaired) electrons. The van der Waals surface area contributed by atoms with E-state index in [0.29, 0.717) is 11.8 Å². The van der Waals surface area contributed by atoms with E-state index < -0.39 is 0 Å². The first kappa shape index (κ1) is 14.3. The normalized spacial score (nSPS) is 23.7. The Morgan fingerprint density at radius 3 is 2.09 bits per heavy atom. The van der Waals surface area contributed by atoms with E-state index in [9.17, 15) is 4.79 Å². The number of para-hydroxylation sites is 1. The summed E-state index contributed by atoms with van der Waals surface area (Å²) in [6, 6.07) is 20.9. The third kappa shape index (κ3) is 2.96. The Morgan fingerprint density at radius 2 is 1.43 bits per heavy atom. The van der Waals surface area contributed by atoms with Crippen LogP contribution in [0.4, 0.5) is 5.69 Å². The topological polar surface area (TPSA) is 23.6 Å². The van der Waals surface area contributed by atoms with Crippen LogP contribution in [0.3, 0.4) is 0 Å². The third-order valence-electron chi connectivity index (χ3n) is 5.05. The molecule has 3 heteroatoms. The van der Waals surface area contributed by atoms with Gasteiger partial charge in [-0.25, -0.2) is 0 Å². The Morgan fingerprint density at radius 1 is 0.826 bits per heavy atom. The van der Waals surface area contributed by atoms with E-state index in [1.807, 2.05) is 12.1 Å². The van der Waals surface area contributed by atoms with Crippen LogP contribution in [-0.2, 0) is 4.79 Å². The summed E-state index contributed by atoms with van der Waals surface area (Å²) in [7, 11) is 0. The number of anilines is 1. The maximum atomic E-state index is 12.7. The van der Waals surface area contributed by atoms with Gasteiger partial charge in [-0.2, -0.15) is 0 Å². The minimum atomic E-state index is 0.209. The van der Waals surface area contributed by atoms with Gasteiger partial charge in [0, 0.05) is 37.8 Å². The Hall–Kier alpha value is -2.29. The highest BCUT2D eigenvalue weighted by Crippen LogP contribution is 2.48. The second-order valence-electron chi connectivity index (χ2n) is 6.51. The summed E-state index contributed by atoms with van der Waals surface area (Å²) in [6.07, 6.45) is 1.02. The zero-order valence-electron chi connectivity index (χ0n) is 13.3. The second kappa shape index (κ2) is 6.07. The molecule has 2 atom stereocenters. The van der Waals surface area contributed by atoms with Crippen molar-refractivity contribution < 1.29 is 4.79 Å². The second-order valence-corrected chi connectivity index (χ2v) is 6.51. The summed E-state index contributed by atoms with van der Waals surface area (Å²) in [5.74, 6) is 1.00. The smallest absolute Gasteiger partial charge is 0.226 e. The van der Waals surface area contributed by atoms with Gasteiger partial charge in [0.25, 0.3) is 0 Å². The maximum Gasteiger partial charge on any atom is 0.226 e. The molecule has 1 aliphatic carbocycles. The molecule has 2 fully saturated rings. The molecule has 3 nitrogen and oxygen atoms in total. The molecule has 1 saturated heterocycles. The molecular formula is C20H22N2O. The van der Waals surface area contributed by atoms with Crippen molar-refractivity contribution in [2.75, 3.05) is 31.1 Å². The minimum absolute atomic E-state index is 0.209. The first-order valence-electron chi connectivity index (χ1n) is 8.46. The number of amides is 1. The van der Waals surface area contributed by atoms with Gasteiger partial charge in [0.2, 0.25) is 5.91 Å². The summed E-state index contributed by atoms with van der Waals surface area (Å²) in [5, 5.41) is 0. The molecule has 0 bridgehead atoms. The largest absolute Gasteiger partial charge is 0.368 e. The quantitative estimate of drug-likeness (QED) is 0.870. The molecule has 2 aliphatic rings. The van der Waals surface area contributed by atoms with Crippen LogP contribution in [0.15, 0.2) is 60.7 Å². The fraction of sp³-hybridized carbons (Fsp3) is 0.350. The Kier molecular flexibility index (Phi) is 3.78. The number of nitrogens with zero attached hydrogens (tertiary/aromatic N) is 2. The molecule has 0 unspecified atom stereocenters. The van der Waals surface area contributed by atoms with Gasteiger partial charge >= 0.3 is 0 Å². The lowest BCUT2D eigenvalue weighted by molar-refractivity contribution is -0.132. The summed E-state index contributed by atoms with van der Waals surface area (Å²) in [6.45, 7) is 3.54. The van der Waals surface area contributed by atoms with Gasteiger partial charge in [0.15, 0.2) is 0 Å². The van der Waals surface area contributed by atoms with Crippen molar-refractivity contribution in [3.05, 3.63) is 66.2 Å².